The van der Waals surface area contributed by atoms with Crippen molar-refractivity contribution in [2.24, 2.45) is 0 Å². The summed E-state index contributed by atoms with van der Waals surface area (Å²) in [6.45, 7) is 10.5. The Balaban J connectivity index is 2.36. The molecule has 1 heterocycles. The maximum atomic E-state index is 3.42. The van der Waals surface area contributed by atoms with Gasteiger partial charge in [0.1, 0.15) is 0 Å². The summed E-state index contributed by atoms with van der Waals surface area (Å²) in [6, 6.07) is 1.49. The molecule has 1 rings (SSSR count). The number of nitrogens with one attached hydrogen (secondary N) is 1. The van der Waals surface area contributed by atoms with Crippen molar-refractivity contribution < 1.29 is 0 Å². The van der Waals surface area contributed by atoms with E-state index in [2.05, 4.69) is 31.0 Å². The highest BCUT2D eigenvalue weighted by atomic mass is 15.2. The maximum Gasteiger partial charge on any atom is 0.0195 e. The average Bonchev–Trinajstić information content (AvgIpc) is 2.05. The largest absolute Gasteiger partial charge is 0.314 e. The third-order valence-corrected chi connectivity index (χ3v) is 2.83. The van der Waals surface area contributed by atoms with E-state index in [9.17, 15) is 0 Å². The first-order chi connectivity index (χ1) is 5.75. The lowest BCUT2D eigenvalue weighted by Crippen LogP contribution is -2.53. The molecule has 72 valence electrons. The number of piperazine rings is 1. The number of hydrogen-bond donors (Lipinski definition) is 1. The van der Waals surface area contributed by atoms with E-state index in [-0.39, 0.29) is 0 Å². The minimum absolute atomic E-state index is 0.722. The van der Waals surface area contributed by atoms with Gasteiger partial charge in [-0.05, 0) is 20.3 Å². The fourth-order valence-electron chi connectivity index (χ4n) is 2.10. The monoisotopic (exact) mass is 170 g/mol. The lowest BCUT2D eigenvalue weighted by atomic mass is 10.1. The molecule has 0 unspecified atom stereocenters. The minimum atomic E-state index is 0.722. The Morgan fingerprint density at radius 3 is 2.92 bits per heavy atom. The molecule has 1 fully saturated rings. The van der Waals surface area contributed by atoms with E-state index < -0.39 is 0 Å². The molecule has 0 aromatic carbocycles. The Kier molecular flexibility index (Phi) is 4.02. The molecule has 1 aliphatic heterocycles. The van der Waals surface area contributed by atoms with Crippen molar-refractivity contribution in [3.63, 3.8) is 0 Å². The van der Waals surface area contributed by atoms with E-state index in [0.29, 0.717) is 0 Å². The van der Waals surface area contributed by atoms with Crippen LogP contribution in [0.3, 0.4) is 0 Å². The summed E-state index contributed by atoms with van der Waals surface area (Å²) in [7, 11) is 0. The summed E-state index contributed by atoms with van der Waals surface area (Å²) in [6.07, 6.45) is 2.64. The van der Waals surface area contributed by atoms with Crippen LogP contribution in [0, 0.1) is 0 Å². The van der Waals surface area contributed by atoms with Crippen LogP contribution in [-0.2, 0) is 0 Å². The van der Waals surface area contributed by atoms with E-state index in [1.54, 1.807) is 0 Å². The van der Waals surface area contributed by atoms with E-state index >= 15 is 0 Å². The van der Waals surface area contributed by atoms with Gasteiger partial charge in [0.25, 0.3) is 0 Å². The van der Waals surface area contributed by atoms with Crippen molar-refractivity contribution in [3.8, 4) is 0 Å². The fraction of sp³-hybridized carbons (Fsp3) is 1.00. The molecule has 2 heteroatoms. The second-order valence-corrected chi connectivity index (χ2v) is 3.93. The summed E-state index contributed by atoms with van der Waals surface area (Å²) >= 11 is 0. The van der Waals surface area contributed by atoms with Crippen molar-refractivity contribution in [3.05, 3.63) is 0 Å². The SMILES string of the molecule is CCC[C@H](C)N1CCNC[C@H]1C. The van der Waals surface area contributed by atoms with Crippen LogP contribution >= 0.6 is 0 Å². The molecule has 0 saturated carbocycles. The van der Waals surface area contributed by atoms with Crippen molar-refractivity contribution in [1.82, 2.24) is 10.2 Å². The standard InChI is InChI=1S/C10H22N2/c1-4-5-9(2)12-7-6-11-8-10(12)3/h9-11H,4-8H2,1-3H3/t9-,10+/m0/s1. The van der Waals surface area contributed by atoms with Crippen LogP contribution in [0.5, 0.6) is 0 Å². The van der Waals surface area contributed by atoms with E-state index in [4.69, 9.17) is 0 Å². The van der Waals surface area contributed by atoms with Gasteiger partial charge in [-0.25, -0.2) is 0 Å². The van der Waals surface area contributed by atoms with Crippen molar-refractivity contribution >= 4 is 0 Å². The first kappa shape index (κ1) is 10.0. The Morgan fingerprint density at radius 1 is 1.58 bits per heavy atom. The van der Waals surface area contributed by atoms with Gasteiger partial charge in [0.05, 0.1) is 0 Å². The van der Waals surface area contributed by atoms with Crippen molar-refractivity contribution in [2.75, 3.05) is 19.6 Å². The van der Waals surface area contributed by atoms with Crippen LogP contribution in [-0.4, -0.2) is 36.6 Å². The van der Waals surface area contributed by atoms with E-state index in [1.807, 2.05) is 0 Å². The quantitative estimate of drug-likeness (QED) is 0.690. The number of rotatable bonds is 3. The molecule has 12 heavy (non-hydrogen) atoms. The highest BCUT2D eigenvalue weighted by Gasteiger charge is 2.21. The van der Waals surface area contributed by atoms with Gasteiger partial charge in [-0.15, -0.1) is 0 Å². The van der Waals surface area contributed by atoms with Gasteiger partial charge in [-0.3, -0.25) is 4.90 Å². The molecule has 1 aliphatic rings. The Bertz CT molecular complexity index is 125. The van der Waals surface area contributed by atoms with Crippen molar-refractivity contribution in [1.29, 1.82) is 0 Å². The van der Waals surface area contributed by atoms with Crippen LogP contribution in [0.25, 0.3) is 0 Å². The van der Waals surface area contributed by atoms with E-state index in [0.717, 1.165) is 18.6 Å². The Hall–Kier alpha value is -0.0800. The number of nitrogens with zero attached hydrogens (tertiary/aromatic N) is 1. The van der Waals surface area contributed by atoms with Gasteiger partial charge in [0, 0.05) is 31.7 Å². The third kappa shape index (κ3) is 2.46. The average molecular weight is 170 g/mol. The minimum Gasteiger partial charge on any atom is -0.314 e. The van der Waals surface area contributed by atoms with Crippen LogP contribution in [0.2, 0.25) is 0 Å². The predicted octanol–water partition coefficient (Wildman–Crippen LogP) is 1.47. The molecular formula is C10H22N2. The molecule has 1 N–H and O–H groups in total. The number of hydrogen-bond acceptors (Lipinski definition) is 2. The normalized spacial score (nSPS) is 28.8. The van der Waals surface area contributed by atoms with Crippen molar-refractivity contribution in [2.45, 2.75) is 45.7 Å². The molecule has 0 radical (unpaired) electrons. The maximum absolute atomic E-state index is 3.42. The van der Waals surface area contributed by atoms with Gasteiger partial charge < -0.3 is 5.32 Å². The Morgan fingerprint density at radius 2 is 2.33 bits per heavy atom. The predicted molar refractivity (Wildman–Crippen MR) is 53.4 cm³/mol. The summed E-state index contributed by atoms with van der Waals surface area (Å²) in [5.74, 6) is 0. The molecular weight excluding hydrogens is 148 g/mol. The lowest BCUT2D eigenvalue weighted by molar-refractivity contribution is 0.120. The van der Waals surface area contributed by atoms with Crippen LogP contribution in [0.15, 0.2) is 0 Å². The highest BCUT2D eigenvalue weighted by molar-refractivity contribution is 4.79. The molecule has 0 spiro atoms. The third-order valence-electron chi connectivity index (χ3n) is 2.83. The summed E-state index contributed by atoms with van der Waals surface area (Å²) in [5, 5.41) is 3.42. The van der Waals surface area contributed by atoms with Crippen LogP contribution < -0.4 is 5.32 Å². The van der Waals surface area contributed by atoms with Gasteiger partial charge in [-0.2, -0.15) is 0 Å². The second kappa shape index (κ2) is 4.83. The first-order valence-electron chi connectivity index (χ1n) is 5.22. The lowest BCUT2D eigenvalue weighted by Gasteiger charge is -2.38. The molecule has 0 aromatic rings. The molecule has 2 nitrogen and oxygen atoms in total. The molecule has 0 aromatic heterocycles. The first-order valence-corrected chi connectivity index (χ1v) is 5.22. The summed E-state index contributed by atoms with van der Waals surface area (Å²) in [5.41, 5.74) is 0. The van der Waals surface area contributed by atoms with Gasteiger partial charge in [0.2, 0.25) is 0 Å². The molecule has 2 atom stereocenters. The zero-order valence-electron chi connectivity index (χ0n) is 8.64. The summed E-state index contributed by atoms with van der Waals surface area (Å²) in [4.78, 5) is 2.62. The fourth-order valence-corrected chi connectivity index (χ4v) is 2.10. The van der Waals surface area contributed by atoms with Crippen LogP contribution in [0.4, 0.5) is 0 Å². The van der Waals surface area contributed by atoms with Gasteiger partial charge >= 0.3 is 0 Å². The highest BCUT2D eigenvalue weighted by Crippen LogP contribution is 2.11. The zero-order chi connectivity index (χ0) is 8.97. The summed E-state index contributed by atoms with van der Waals surface area (Å²) < 4.78 is 0. The zero-order valence-corrected chi connectivity index (χ0v) is 8.64. The molecule has 0 bridgehead atoms. The molecule has 0 amide bonds. The topological polar surface area (TPSA) is 15.3 Å². The molecule has 1 saturated heterocycles. The molecule has 0 aliphatic carbocycles. The second-order valence-electron chi connectivity index (χ2n) is 3.93. The smallest absolute Gasteiger partial charge is 0.0195 e. The van der Waals surface area contributed by atoms with E-state index in [1.165, 1.54) is 25.9 Å². The van der Waals surface area contributed by atoms with Gasteiger partial charge in [0.15, 0.2) is 0 Å². The Labute approximate surface area is 76.3 Å². The van der Waals surface area contributed by atoms with Crippen LogP contribution in [0.1, 0.15) is 33.6 Å². The van der Waals surface area contributed by atoms with Gasteiger partial charge in [-0.1, -0.05) is 13.3 Å².